The summed E-state index contributed by atoms with van der Waals surface area (Å²) >= 11 is 1.48. The summed E-state index contributed by atoms with van der Waals surface area (Å²) in [5.41, 5.74) is 6.49. The number of nitrogens with zero attached hydrogens (tertiary/aromatic N) is 1. The lowest BCUT2D eigenvalue weighted by Crippen LogP contribution is -2.57. The van der Waals surface area contributed by atoms with E-state index in [9.17, 15) is 19.2 Å². The Balaban J connectivity index is 2.93. The van der Waals surface area contributed by atoms with Crippen LogP contribution in [0.5, 0.6) is 0 Å². The lowest BCUT2D eigenvalue weighted by Gasteiger charge is -2.24. The van der Waals surface area contributed by atoms with Gasteiger partial charge in [0, 0.05) is 18.3 Å². The number of nitrogens with one attached hydrogen (secondary N) is 4. The fourth-order valence-corrected chi connectivity index (χ4v) is 2.93. The van der Waals surface area contributed by atoms with Gasteiger partial charge in [0.2, 0.25) is 17.7 Å². The SMILES string of the molecule is CSCCC(NC(=O)C(Cc1cnc[nH]1)NC(=O)C(N)C(C)C)C(=O)NCC(=O)O. The standard InChI is InChI=1S/C18H30N6O5S/c1-10(2)15(19)18(29)24-13(6-11-7-20-9-22-11)17(28)23-12(4-5-30-3)16(27)21-8-14(25)26/h7,9-10,12-13,15H,4-6,8,19H2,1-3H3,(H,20,22)(H,21,27)(H,23,28)(H,24,29)(H,25,26). The minimum atomic E-state index is -1.19. The van der Waals surface area contributed by atoms with Crippen molar-refractivity contribution < 1.29 is 24.3 Å². The maximum Gasteiger partial charge on any atom is 0.322 e. The normalized spacial score (nSPS) is 13.9. The second kappa shape index (κ2) is 12.9. The molecule has 3 atom stereocenters. The third-order valence-electron chi connectivity index (χ3n) is 4.29. The Hall–Kier alpha value is -2.60. The van der Waals surface area contributed by atoms with Crippen molar-refractivity contribution in [3.63, 3.8) is 0 Å². The molecule has 1 aromatic heterocycles. The summed E-state index contributed by atoms with van der Waals surface area (Å²) in [5.74, 6) is -2.42. The highest BCUT2D eigenvalue weighted by Gasteiger charge is 2.29. The number of carbonyl (C=O) groups excluding carboxylic acids is 3. The van der Waals surface area contributed by atoms with Crippen molar-refractivity contribution in [2.45, 2.75) is 44.8 Å². The number of imidazole rings is 1. The highest BCUT2D eigenvalue weighted by molar-refractivity contribution is 7.98. The molecule has 1 heterocycles. The molecule has 3 unspecified atom stereocenters. The van der Waals surface area contributed by atoms with Crippen molar-refractivity contribution in [3.8, 4) is 0 Å². The van der Waals surface area contributed by atoms with E-state index in [1.54, 1.807) is 13.8 Å². The van der Waals surface area contributed by atoms with E-state index in [1.807, 2.05) is 6.26 Å². The Labute approximate surface area is 179 Å². The number of aliphatic carboxylic acids is 1. The Kier molecular flexibility index (Phi) is 10.9. The van der Waals surface area contributed by atoms with E-state index in [0.29, 0.717) is 17.9 Å². The van der Waals surface area contributed by atoms with Crippen molar-refractivity contribution in [2.24, 2.45) is 11.7 Å². The molecule has 0 aliphatic heterocycles. The van der Waals surface area contributed by atoms with Crippen LogP contribution in [0.3, 0.4) is 0 Å². The van der Waals surface area contributed by atoms with Gasteiger partial charge in [-0.2, -0.15) is 11.8 Å². The Bertz CT molecular complexity index is 712. The van der Waals surface area contributed by atoms with Gasteiger partial charge < -0.3 is 31.8 Å². The third-order valence-corrected chi connectivity index (χ3v) is 4.93. The number of carbonyl (C=O) groups is 4. The first-order valence-electron chi connectivity index (χ1n) is 9.47. The molecular formula is C18H30N6O5S. The highest BCUT2D eigenvalue weighted by atomic mass is 32.2. The predicted molar refractivity (Wildman–Crippen MR) is 113 cm³/mol. The smallest absolute Gasteiger partial charge is 0.322 e. The summed E-state index contributed by atoms with van der Waals surface area (Å²) in [6.45, 7) is 3.03. The van der Waals surface area contributed by atoms with Crippen LogP contribution in [0.15, 0.2) is 12.5 Å². The fraction of sp³-hybridized carbons (Fsp3) is 0.611. The number of H-pyrrole nitrogens is 1. The van der Waals surface area contributed by atoms with E-state index >= 15 is 0 Å². The van der Waals surface area contributed by atoms with E-state index in [2.05, 4.69) is 25.9 Å². The zero-order chi connectivity index (χ0) is 22.7. The number of amides is 3. The zero-order valence-electron chi connectivity index (χ0n) is 17.3. The molecule has 0 fully saturated rings. The molecule has 0 aliphatic rings. The number of hydrogen-bond acceptors (Lipinski definition) is 7. The van der Waals surface area contributed by atoms with Crippen LogP contribution in [-0.4, -0.2) is 75.4 Å². The van der Waals surface area contributed by atoms with Gasteiger partial charge >= 0.3 is 5.97 Å². The fourth-order valence-electron chi connectivity index (χ4n) is 2.46. The molecular weight excluding hydrogens is 412 g/mol. The quantitative estimate of drug-likeness (QED) is 0.222. The van der Waals surface area contributed by atoms with Gasteiger partial charge in [-0.05, 0) is 24.3 Å². The number of aromatic amines is 1. The van der Waals surface area contributed by atoms with E-state index < -0.39 is 48.4 Å². The van der Waals surface area contributed by atoms with Gasteiger partial charge in [0.1, 0.15) is 18.6 Å². The first kappa shape index (κ1) is 25.4. The van der Waals surface area contributed by atoms with Gasteiger partial charge in [-0.1, -0.05) is 13.8 Å². The first-order valence-corrected chi connectivity index (χ1v) is 10.9. The van der Waals surface area contributed by atoms with Crippen LogP contribution in [0.25, 0.3) is 0 Å². The number of carboxylic acids is 1. The van der Waals surface area contributed by atoms with Gasteiger partial charge in [-0.15, -0.1) is 0 Å². The monoisotopic (exact) mass is 442 g/mol. The van der Waals surface area contributed by atoms with Crippen LogP contribution in [0.4, 0.5) is 0 Å². The number of aromatic nitrogens is 2. The average Bonchev–Trinajstić information content (AvgIpc) is 3.20. The molecule has 7 N–H and O–H groups in total. The summed E-state index contributed by atoms with van der Waals surface area (Å²) in [6.07, 6.45) is 5.25. The maximum atomic E-state index is 12.9. The topological polar surface area (TPSA) is 179 Å². The maximum absolute atomic E-state index is 12.9. The first-order chi connectivity index (χ1) is 14.1. The molecule has 0 saturated carbocycles. The summed E-state index contributed by atoms with van der Waals surface area (Å²) in [7, 11) is 0. The van der Waals surface area contributed by atoms with Gasteiger partial charge in [-0.25, -0.2) is 4.98 Å². The highest BCUT2D eigenvalue weighted by Crippen LogP contribution is 2.06. The summed E-state index contributed by atoms with van der Waals surface area (Å²) in [4.78, 5) is 55.1. The molecule has 1 aromatic rings. The van der Waals surface area contributed by atoms with E-state index in [1.165, 1.54) is 24.3 Å². The van der Waals surface area contributed by atoms with Crippen molar-refractivity contribution in [2.75, 3.05) is 18.6 Å². The van der Waals surface area contributed by atoms with E-state index in [4.69, 9.17) is 10.8 Å². The van der Waals surface area contributed by atoms with Crippen LogP contribution in [0.2, 0.25) is 0 Å². The molecule has 0 radical (unpaired) electrons. The summed E-state index contributed by atoms with van der Waals surface area (Å²) in [6, 6.07) is -2.73. The number of hydrogen-bond donors (Lipinski definition) is 6. The number of nitrogens with two attached hydrogens (primary N) is 1. The molecule has 3 amide bonds. The van der Waals surface area contributed by atoms with Crippen LogP contribution in [0, 0.1) is 5.92 Å². The van der Waals surface area contributed by atoms with Crippen molar-refractivity contribution in [1.82, 2.24) is 25.9 Å². The van der Waals surface area contributed by atoms with Crippen LogP contribution < -0.4 is 21.7 Å². The molecule has 1 rings (SSSR count). The minimum Gasteiger partial charge on any atom is -0.480 e. The van der Waals surface area contributed by atoms with Crippen molar-refractivity contribution in [3.05, 3.63) is 18.2 Å². The van der Waals surface area contributed by atoms with Gasteiger partial charge in [0.15, 0.2) is 0 Å². The number of thioether (sulfide) groups is 1. The number of carboxylic acid groups (broad SMARTS) is 1. The second-order valence-electron chi connectivity index (χ2n) is 7.07. The molecule has 168 valence electrons. The average molecular weight is 443 g/mol. The molecule has 0 bridgehead atoms. The molecule has 12 heteroatoms. The third kappa shape index (κ3) is 8.82. The molecule has 11 nitrogen and oxygen atoms in total. The lowest BCUT2D eigenvalue weighted by molar-refractivity contribution is -0.138. The summed E-state index contributed by atoms with van der Waals surface area (Å²) < 4.78 is 0. The molecule has 0 aromatic carbocycles. The van der Waals surface area contributed by atoms with Crippen LogP contribution in [0.1, 0.15) is 26.0 Å². The summed E-state index contributed by atoms with van der Waals surface area (Å²) in [5, 5.41) is 16.3. The Morgan fingerprint density at radius 2 is 1.83 bits per heavy atom. The zero-order valence-corrected chi connectivity index (χ0v) is 18.1. The van der Waals surface area contributed by atoms with Gasteiger partial charge in [0.05, 0.1) is 12.4 Å². The second-order valence-corrected chi connectivity index (χ2v) is 8.05. The lowest BCUT2D eigenvalue weighted by atomic mass is 10.0. The van der Waals surface area contributed by atoms with Gasteiger partial charge in [0.25, 0.3) is 0 Å². The molecule has 0 spiro atoms. The predicted octanol–water partition coefficient (Wildman–Crippen LogP) is -1.14. The van der Waals surface area contributed by atoms with Crippen molar-refractivity contribution in [1.29, 1.82) is 0 Å². The van der Waals surface area contributed by atoms with Crippen LogP contribution >= 0.6 is 11.8 Å². The minimum absolute atomic E-state index is 0.119. The van der Waals surface area contributed by atoms with E-state index in [-0.39, 0.29) is 12.3 Å². The molecule has 0 aliphatic carbocycles. The van der Waals surface area contributed by atoms with Gasteiger partial charge in [-0.3, -0.25) is 19.2 Å². The van der Waals surface area contributed by atoms with Crippen LogP contribution in [-0.2, 0) is 25.6 Å². The Morgan fingerprint density at radius 3 is 2.37 bits per heavy atom. The Morgan fingerprint density at radius 1 is 1.17 bits per heavy atom. The van der Waals surface area contributed by atoms with E-state index in [0.717, 1.165) is 0 Å². The number of rotatable bonds is 13. The molecule has 30 heavy (non-hydrogen) atoms. The molecule has 0 saturated heterocycles. The largest absolute Gasteiger partial charge is 0.480 e. The van der Waals surface area contributed by atoms with Crippen molar-refractivity contribution >= 4 is 35.5 Å².